The van der Waals surface area contributed by atoms with Crippen LogP contribution in [0.1, 0.15) is 33.2 Å². The minimum absolute atomic E-state index is 0.00898. The van der Waals surface area contributed by atoms with Crippen molar-refractivity contribution in [3.8, 4) is 5.75 Å². The molecule has 27 heavy (non-hydrogen) atoms. The molecule has 4 rings (SSSR count). The zero-order valence-corrected chi connectivity index (χ0v) is 15.4. The van der Waals surface area contributed by atoms with E-state index in [1.807, 2.05) is 6.92 Å². The summed E-state index contributed by atoms with van der Waals surface area (Å²) >= 11 is 0. The lowest BCUT2D eigenvalue weighted by Crippen LogP contribution is -2.22. The number of benzene rings is 2. The first kappa shape index (κ1) is 17.6. The molecule has 0 bridgehead atoms. The molecule has 2 aromatic carbocycles. The fourth-order valence-electron chi connectivity index (χ4n) is 3.07. The Kier molecular flexibility index (Phi) is 4.20. The third-order valence-corrected chi connectivity index (χ3v) is 5.92. The molecule has 1 fully saturated rings. The molecule has 1 N–H and O–H groups in total. The largest absolute Gasteiger partial charge is 0.378 e. The minimum Gasteiger partial charge on any atom is -0.378 e. The molecule has 1 unspecified atom stereocenters. The van der Waals surface area contributed by atoms with Crippen LogP contribution in [0.3, 0.4) is 0 Å². The van der Waals surface area contributed by atoms with Gasteiger partial charge < -0.3 is 9.50 Å². The first-order valence-corrected chi connectivity index (χ1v) is 10.0. The van der Waals surface area contributed by atoms with Gasteiger partial charge in [0.15, 0.2) is 17.3 Å². The standard InChI is InChI=1S/C20H17NO5S/c1-2-12-6-8-13(9-7-12)27(24,25)26-18-5-3-4-14-19(18)17(22)10-15(20(14)23)16-11-21-16/h3-10,16,21H,2,11H2,1H3. The van der Waals surface area contributed by atoms with Gasteiger partial charge in [0.25, 0.3) is 0 Å². The predicted octanol–water partition coefficient (Wildman–Crippen LogP) is 2.29. The van der Waals surface area contributed by atoms with Crippen molar-refractivity contribution in [1.82, 2.24) is 5.32 Å². The van der Waals surface area contributed by atoms with Gasteiger partial charge in [0.05, 0.1) is 5.56 Å². The number of carbonyl (C=O) groups is 2. The summed E-state index contributed by atoms with van der Waals surface area (Å²) in [5.41, 5.74) is 1.56. The molecule has 1 aliphatic heterocycles. The van der Waals surface area contributed by atoms with Gasteiger partial charge >= 0.3 is 10.1 Å². The van der Waals surface area contributed by atoms with Crippen LogP contribution in [0.15, 0.2) is 59.0 Å². The summed E-state index contributed by atoms with van der Waals surface area (Å²) in [5.74, 6) is -0.848. The van der Waals surface area contributed by atoms with Crippen LogP contribution in [-0.2, 0) is 16.5 Å². The predicted molar refractivity (Wildman–Crippen MR) is 98.6 cm³/mol. The number of hydrogen-bond donors (Lipinski definition) is 1. The maximum Gasteiger partial charge on any atom is 0.339 e. The zero-order valence-electron chi connectivity index (χ0n) is 14.6. The maximum absolute atomic E-state index is 12.6. The minimum atomic E-state index is -4.13. The fourth-order valence-corrected chi connectivity index (χ4v) is 4.02. The average molecular weight is 383 g/mol. The van der Waals surface area contributed by atoms with Crippen molar-refractivity contribution in [3.63, 3.8) is 0 Å². The second kappa shape index (κ2) is 6.44. The molecule has 6 nitrogen and oxygen atoms in total. The summed E-state index contributed by atoms with van der Waals surface area (Å²) in [7, 11) is -4.13. The van der Waals surface area contributed by atoms with Gasteiger partial charge in [-0.25, -0.2) is 0 Å². The van der Waals surface area contributed by atoms with Gasteiger partial charge in [-0.05, 0) is 36.3 Å². The van der Waals surface area contributed by atoms with E-state index >= 15 is 0 Å². The van der Waals surface area contributed by atoms with Crippen molar-refractivity contribution in [3.05, 3.63) is 70.8 Å². The molecule has 138 valence electrons. The molecule has 1 saturated heterocycles. The molecule has 0 spiro atoms. The third-order valence-electron chi connectivity index (χ3n) is 4.67. The van der Waals surface area contributed by atoms with Crippen LogP contribution >= 0.6 is 0 Å². The molecule has 7 heteroatoms. The highest BCUT2D eigenvalue weighted by molar-refractivity contribution is 7.87. The van der Waals surface area contributed by atoms with Crippen molar-refractivity contribution in [2.45, 2.75) is 24.3 Å². The number of carbonyl (C=O) groups excluding carboxylic acids is 2. The van der Waals surface area contributed by atoms with E-state index in [1.165, 1.54) is 36.4 Å². The molecule has 1 atom stereocenters. The monoisotopic (exact) mass is 383 g/mol. The number of aryl methyl sites for hydroxylation is 1. The lowest BCUT2D eigenvalue weighted by molar-refractivity contribution is 0.0981. The summed E-state index contributed by atoms with van der Waals surface area (Å²) in [6.45, 7) is 2.62. The molecule has 2 aliphatic rings. The van der Waals surface area contributed by atoms with Gasteiger partial charge in [-0.15, -0.1) is 0 Å². The van der Waals surface area contributed by atoms with Gasteiger partial charge in [0, 0.05) is 23.7 Å². The summed E-state index contributed by atoms with van der Waals surface area (Å²) in [4.78, 5) is 25.2. The molecule has 0 aromatic heterocycles. The molecule has 1 aliphatic carbocycles. The van der Waals surface area contributed by atoms with Crippen LogP contribution in [0.2, 0.25) is 0 Å². The van der Waals surface area contributed by atoms with Crippen molar-refractivity contribution in [1.29, 1.82) is 0 Å². The molecular weight excluding hydrogens is 366 g/mol. The van der Waals surface area contributed by atoms with Gasteiger partial charge in [-0.1, -0.05) is 31.2 Å². The fraction of sp³-hybridized carbons (Fsp3) is 0.200. The van der Waals surface area contributed by atoms with E-state index in [1.54, 1.807) is 12.1 Å². The highest BCUT2D eigenvalue weighted by Gasteiger charge is 2.37. The number of Topliss-reactive ketones (excluding diaryl/α,β-unsaturated/α-hetero) is 1. The second-order valence-electron chi connectivity index (χ2n) is 6.47. The Bertz CT molecular complexity index is 1080. The molecule has 2 aromatic rings. The van der Waals surface area contributed by atoms with E-state index in [-0.39, 0.29) is 33.6 Å². The van der Waals surface area contributed by atoms with Crippen molar-refractivity contribution in [2.24, 2.45) is 0 Å². The Morgan fingerprint density at radius 2 is 1.81 bits per heavy atom. The second-order valence-corrected chi connectivity index (χ2v) is 8.01. The van der Waals surface area contributed by atoms with Gasteiger partial charge in [0.1, 0.15) is 4.90 Å². The summed E-state index contributed by atoms with van der Waals surface area (Å²) in [6.07, 6.45) is 2.05. The number of fused-ring (bicyclic) bond motifs is 1. The SMILES string of the molecule is CCc1ccc(S(=O)(=O)Oc2cccc3c2C(=O)C=C(C2CN2)C3=O)cc1. The Labute approximate surface area is 157 Å². The lowest BCUT2D eigenvalue weighted by atomic mass is 9.87. The first-order chi connectivity index (χ1) is 12.9. The molecule has 1 heterocycles. The van der Waals surface area contributed by atoms with Crippen LogP contribution < -0.4 is 9.50 Å². The van der Waals surface area contributed by atoms with Gasteiger partial charge in [0.2, 0.25) is 0 Å². The van der Waals surface area contributed by atoms with E-state index in [4.69, 9.17) is 4.18 Å². The van der Waals surface area contributed by atoms with Crippen LogP contribution in [0, 0.1) is 0 Å². The third kappa shape index (κ3) is 3.20. The number of hydrogen-bond acceptors (Lipinski definition) is 6. The molecule has 0 amide bonds. The topological polar surface area (TPSA) is 99.5 Å². The Balaban J connectivity index is 1.71. The van der Waals surface area contributed by atoms with Crippen molar-refractivity contribution >= 4 is 21.7 Å². The van der Waals surface area contributed by atoms with E-state index in [2.05, 4.69) is 5.32 Å². The Hall–Kier alpha value is -2.77. The summed E-state index contributed by atoms with van der Waals surface area (Å²) in [6, 6.07) is 10.7. The van der Waals surface area contributed by atoms with E-state index in [9.17, 15) is 18.0 Å². The van der Waals surface area contributed by atoms with Crippen LogP contribution in [0.5, 0.6) is 5.75 Å². The van der Waals surface area contributed by atoms with Gasteiger partial charge in [-0.2, -0.15) is 8.42 Å². The average Bonchev–Trinajstić information content (AvgIpc) is 3.49. The lowest BCUT2D eigenvalue weighted by Gasteiger charge is -2.17. The number of nitrogens with one attached hydrogen (secondary N) is 1. The zero-order chi connectivity index (χ0) is 19.2. The van der Waals surface area contributed by atoms with Crippen LogP contribution in [0.4, 0.5) is 0 Å². The Morgan fingerprint density at radius 3 is 2.44 bits per heavy atom. The summed E-state index contributed by atoms with van der Waals surface area (Å²) in [5, 5.41) is 3.00. The number of allylic oxidation sites excluding steroid dienone is 1. The first-order valence-electron chi connectivity index (χ1n) is 8.61. The van der Waals surface area contributed by atoms with Crippen molar-refractivity contribution in [2.75, 3.05) is 6.54 Å². The quantitative estimate of drug-likeness (QED) is 0.628. The number of rotatable bonds is 5. The van der Waals surface area contributed by atoms with Crippen molar-refractivity contribution < 1.29 is 22.2 Å². The normalized spacial score (nSPS) is 18.7. The molecular formula is C20H17NO5S. The van der Waals surface area contributed by atoms with Crippen LogP contribution in [0.25, 0.3) is 0 Å². The van der Waals surface area contributed by atoms with Gasteiger partial charge in [-0.3, -0.25) is 9.59 Å². The smallest absolute Gasteiger partial charge is 0.339 e. The molecule has 0 saturated carbocycles. The number of ketones is 2. The highest BCUT2D eigenvalue weighted by Crippen LogP contribution is 2.33. The van der Waals surface area contributed by atoms with E-state index < -0.39 is 15.9 Å². The maximum atomic E-state index is 12.6. The molecule has 0 radical (unpaired) electrons. The van der Waals surface area contributed by atoms with E-state index in [0.29, 0.717) is 12.1 Å². The van der Waals surface area contributed by atoms with Crippen LogP contribution in [-0.4, -0.2) is 32.6 Å². The summed E-state index contributed by atoms with van der Waals surface area (Å²) < 4.78 is 30.5. The van der Waals surface area contributed by atoms with E-state index in [0.717, 1.165) is 12.0 Å². The Morgan fingerprint density at radius 1 is 1.11 bits per heavy atom. The highest BCUT2D eigenvalue weighted by atomic mass is 32.2.